The van der Waals surface area contributed by atoms with Crippen LogP contribution in [-0.2, 0) is 9.47 Å². The predicted octanol–water partition coefficient (Wildman–Crippen LogP) is 2.09. The Bertz CT molecular complexity index is 369. The molecule has 1 fully saturated rings. The molecule has 82 valence electrons. The van der Waals surface area contributed by atoms with Gasteiger partial charge in [0.05, 0.1) is 23.1 Å². The van der Waals surface area contributed by atoms with Crippen LogP contribution < -0.4 is 0 Å². The normalized spacial score (nSPS) is 20.5. The molecule has 0 aliphatic carbocycles. The molecule has 0 spiro atoms. The van der Waals surface area contributed by atoms with Gasteiger partial charge in [0.25, 0.3) is 0 Å². The fourth-order valence-electron chi connectivity index (χ4n) is 1.69. The van der Waals surface area contributed by atoms with Crippen molar-refractivity contribution < 1.29 is 14.3 Å². The first kappa shape index (κ1) is 10.6. The Hall–Kier alpha value is -0.940. The second kappa shape index (κ2) is 4.28. The lowest BCUT2D eigenvalue weighted by molar-refractivity contribution is 0.0583. The maximum atomic E-state index is 11.5. The van der Waals surface area contributed by atoms with Crippen LogP contribution in [0.25, 0.3) is 0 Å². The number of esters is 1. The zero-order chi connectivity index (χ0) is 10.8. The predicted molar refractivity (Wildman–Crippen MR) is 56.1 cm³/mol. The first-order valence-electron chi connectivity index (χ1n) is 4.89. The van der Waals surface area contributed by atoms with Crippen LogP contribution >= 0.6 is 11.3 Å². The van der Waals surface area contributed by atoms with Crippen molar-refractivity contribution >= 4 is 17.3 Å². The molecule has 1 aromatic heterocycles. The smallest absolute Gasteiger partial charge is 0.357 e. The van der Waals surface area contributed by atoms with Crippen molar-refractivity contribution in [3.63, 3.8) is 0 Å². The summed E-state index contributed by atoms with van der Waals surface area (Å²) in [5.74, 6) is -0.371. The topological polar surface area (TPSA) is 48.4 Å². The van der Waals surface area contributed by atoms with E-state index in [9.17, 15) is 4.79 Å². The number of nitrogens with zero attached hydrogens (tertiary/aromatic N) is 1. The van der Waals surface area contributed by atoms with Gasteiger partial charge in [-0.3, -0.25) is 0 Å². The highest BCUT2D eigenvalue weighted by molar-refractivity contribution is 7.11. The van der Waals surface area contributed by atoms with Gasteiger partial charge in [0.15, 0.2) is 5.69 Å². The summed E-state index contributed by atoms with van der Waals surface area (Å²) in [6, 6.07) is 0. The third-order valence-corrected chi connectivity index (χ3v) is 3.42. The van der Waals surface area contributed by atoms with Gasteiger partial charge in [-0.1, -0.05) is 0 Å². The highest BCUT2D eigenvalue weighted by Crippen LogP contribution is 2.34. The molecule has 0 bridgehead atoms. The number of rotatable bonds is 2. The van der Waals surface area contributed by atoms with E-state index in [1.54, 1.807) is 0 Å². The summed E-state index contributed by atoms with van der Waals surface area (Å²) >= 11 is 1.52. The quantitative estimate of drug-likeness (QED) is 0.726. The average molecular weight is 227 g/mol. The van der Waals surface area contributed by atoms with E-state index in [1.807, 2.05) is 6.92 Å². The highest BCUT2D eigenvalue weighted by atomic mass is 32.1. The van der Waals surface area contributed by atoms with Gasteiger partial charge >= 0.3 is 5.97 Å². The molecule has 0 N–H and O–H groups in total. The number of hydrogen-bond acceptors (Lipinski definition) is 5. The molecule has 2 rings (SSSR count). The van der Waals surface area contributed by atoms with E-state index in [0.29, 0.717) is 5.69 Å². The van der Waals surface area contributed by atoms with Crippen molar-refractivity contribution in [2.45, 2.75) is 25.9 Å². The Morgan fingerprint density at radius 2 is 2.47 bits per heavy atom. The summed E-state index contributed by atoms with van der Waals surface area (Å²) in [4.78, 5) is 16.6. The fourth-order valence-corrected chi connectivity index (χ4v) is 2.69. The van der Waals surface area contributed by atoms with Crippen LogP contribution in [0.4, 0.5) is 0 Å². The molecule has 5 heteroatoms. The summed E-state index contributed by atoms with van der Waals surface area (Å²) in [6.07, 6.45) is 2.04. The number of ether oxygens (including phenoxy) is 2. The standard InChI is InChI=1S/C10H13NO3S/c1-6-11-8(10(12)13-2)9(15-6)7-4-3-5-14-7/h7H,3-5H2,1-2H3. The van der Waals surface area contributed by atoms with Gasteiger partial charge in [-0.05, 0) is 19.8 Å². The van der Waals surface area contributed by atoms with Gasteiger partial charge in [0.2, 0.25) is 0 Å². The molecule has 1 aliphatic rings. The lowest BCUT2D eigenvalue weighted by Crippen LogP contribution is -2.07. The zero-order valence-corrected chi connectivity index (χ0v) is 9.60. The molecule has 1 atom stereocenters. The molecule has 0 aromatic carbocycles. The fraction of sp³-hybridized carbons (Fsp3) is 0.600. The van der Waals surface area contributed by atoms with E-state index >= 15 is 0 Å². The summed E-state index contributed by atoms with van der Waals surface area (Å²) in [6.45, 7) is 2.65. The van der Waals surface area contributed by atoms with E-state index in [-0.39, 0.29) is 12.1 Å². The molecule has 0 amide bonds. The van der Waals surface area contributed by atoms with E-state index in [1.165, 1.54) is 18.4 Å². The van der Waals surface area contributed by atoms with Gasteiger partial charge in [0.1, 0.15) is 0 Å². The number of methoxy groups -OCH3 is 1. The summed E-state index contributed by atoms with van der Waals surface area (Å²) < 4.78 is 10.2. The second-order valence-corrected chi connectivity index (χ2v) is 4.67. The van der Waals surface area contributed by atoms with Crippen molar-refractivity contribution in [3.05, 3.63) is 15.6 Å². The van der Waals surface area contributed by atoms with E-state index in [4.69, 9.17) is 9.47 Å². The minimum absolute atomic E-state index is 0.0327. The second-order valence-electron chi connectivity index (χ2n) is 3.44. The molecule has 1 aliphatic heterocycles. The van der Waals surface area contributed by atoms with Gasteiger partial charge in [-0.2, -0.15) is 0 Å². The lowest BCUT2D eigenvalue weighted by Gasteiger charge is -2.07. The van der Waals surface area contributed by atoms with Crippen LogP contribution in [0.1, 0.15) is 39.3 Å². The van der Waals surface area contributed by atoms with E-state index < -0.39 is 0 Å². The number of thiazole rings is 1. The highest BCUT2D eigenvalue weighted by Gasteiger charge is 2.27. The SMILES string of the molecule is COC(=O)c1nc(C)sc1C1CCCO1. The van der Waals surface area contributed by atoms with Crippen molar-refractivity contribution in [3.8, 4) is 0 Å². The first-order chi connectivity index (χ1) is 7.22. The molecule has 15 heavy (non-hydrogen) atoms. The van der Waals surface area contributed by atoms with Gasteiger partial charge in [0, 0.05) is 6.61 Å². The Balaban J connectivity index is 2.32. The van der Waals surface area contributed by atoms with Crippen molar-refractivity contribution in [1.82, 2.24) is 4.98 Å². The number of carbonyl (C=O) groups is 1. The maximum Gasteiger partial charge on any atom is 0.357 e. The lowest BCUT2D eigenvalue weighted by atomic mass is 10.2. The molecule has 0 radical (unpaired) electrons. The molecule has 2 heterocycles. The molecule has 1 unspecified atom stereocenters. The Kier molecular flexibility index (Phi) is 3.02. The van der Waals surface area contributed by atoms with Crippen molar-refractivity contribution in [2.75, 3.05) is 13.7 Å². The van der Waals surface area contributed by atoms with Gasteiger partial charge in [-0.25, -0.2) is 9.78 Å². The van der Waals surface area contributed by atoms with Crippen LogP contribution in [0.15, 0.2) is 0 Å². The molecule has 1 saturated heterocycles. The zero-order valence-electron chi connectivity index (χ0n) is 8.78. The molecular formula is C10H13NO3S. The Morgan fingerprint density at radius 3 is 3.07 bits per heavy atom. The molecule has 4 nitrogen and oxygen atoms in total. The monoisotopic (exact) mass is 227 g/mol. The minimum Gasteiger partial charge on any atom is -0.464 e. The molecule has 1 aromatic rings. The minimum atomic E-state index is -0.371. The van der Waals surface area contributed by atoms with Crippen LogP contribution in [0, 0.1) is 6.92 Å². The number of aryl methyl sites for hydroxylation is 1. The Labute approximate surface area is 92.2 Å². The maximum absolute atomic E-state index is 11.5. The number of carbonyl (C=O) groups excluding carboxylic acids is 1. The van der Waals surface area contributed by atoms with E-state index in [2.05, 4.69) is 4.98 Å². The van der Waals surface area contributed by atoms with Crippen LogP contribution in [0.5, 0.6) is 0 Å². The van der Waals surface area contributed by atoms with Crippen molar-refractivity contribution in [2.24, 2.45) is 0 Å². The van der Waals surface area contributed by atoms with Gasteiger partial charge < -0.3 is 9.47 Å². The number of hydrogen-bond donors (Lipinski definition) is 0. The molecular weight excluding hydrogens is 214 g/mol. The summed E-state index contributed by atoms with van der Waals surface area (Å²) in [7, 11) is 1.37. The van der Waals surface area contributed by atoms with Crippen LogP contribution in [0.2, 0.25) is 0 Å². The third kappa shape index (κ3) is 2.03. The number of aromatic nitrogens is 1. The largest absolute Gasteiger partial charge is 0.464 e. The third-order valence-electron chi connectivity index (χ3n) is 2.36. The van der Waals surface area contributed by atoms with Crippen LogP contribution in [0.3, 0.4) is 0 Å². The van der Waals surface area contributed by atoms with E-state index in [0.717, 1.165) is 29.3 Å². The average Bonchev–Trinajstić information content (AvgIpc) is 2.84. The molecule has 0 saturated carbocycles. The summed E-state index contributed by atoms with van der Waals surface area (Å²) in [5, 5.41) is 0.876. The van der Waals surface area contributed by atoms with Crippen LogP contribution in [-0.4, -0.2) is 24.7 Å². The summed E-state index contributed by atoms with van der Waals surface area (Å²) in [5.41, 5.74) is 0.423. The Morgan fingerprint density at radius 1 is 1.67 bits per heavy atom. The van der Waals surface area contributed by atoms with Gasteiger partial charge in [-0.15, -0.1) is 11.3 Å². The van der Waals surface area contributed by atoms with Crippen molar-refractivity contribution in [1.29, 1.82) is 0 Å². The first-order valence-corrected chi connectivity index (χ1v) is 5.71.